The highest BCUT2D eigenvalue weighted by atomic mass is 32.1. The second-order valence-electron chi connectivity index (χ2n) is 3.84. The number of nitrogen functional groups attached to an aromatic ring is 1. The van der Waals surface area contributed by atoms with Crippen molar-refractivity contribution in [1.29, 1.82) is 0 Å². The number of benzene rings is 1. The van der Waals surface area contributed by atoms with Crippen LogP contribution < -0.4 is 5.73 Å². The molecule has 0 bridgehead atoms. The highest BCUT2D eigenvalue weighted by molar-refractivity contribution is 7.13. The minimum Gasteiger partial charge on any atom is -0.478 e. The number of thiazole rings is 1. The molecule has 0 spiro atoms. The molecule has 4 N–H and O–H groups in total. The lowest BCUT2D eigenvalue weighted by molar-refractivity contribution is 0.0696. The SMILES string of the molecule is Cc1c(C(=O)O)ccc(-c2csc(N)n2)c1C(=O)O. The summed E-state index contributed by atoms with van der Waals surface area (Å²) in [7, 11) is 0. The van der Waals surface area contributed by atoms with Crippen LogP contribution in [0.15, 0.2) is 17.5 Å². The predicted octanol–water partition coefficient (Wildman–Crippen LogP) is 2.10. The molecule has 0 saturated heterocycles. The van der Waals surface area contributed by atoms with Crippen molar-refractivity contribution < 1.29 is 19.8 Å². The van der Waals surface area contributed by atoms with Gasteiger partial charge < -0.3 is 15.9 Å². The molecule has 2 aromatic rings. The number of aromatic carboxylic acids is 2. The Hall–Kier alpha value is -2.41. The molecule has 7 heteroatoms. The molecular weight excluding hydrogens is 268 g/mol. The lowest BCUT2D eigenvalue weighted by atomic mass is 9.95. The van der Waals surface area contributed by atoms with E-state index in [4.69, 9.17) is 10.8 Å². The molecule has 0 atom stereocenters. The van der Waals surface area contributed by atoms with E-state index in [1.165, 1.54) is 30.4 Å². The first-order valence-electron chi connectivity index (χ1n) is 5.23. The zero-order valence-electron chi connectivity index (χ0n) is 9.88. The van der Waals surface area contributed by atoms with E-state index in [0.29, 0.717) is 16.4 Å². The number of hydrogen-bond donors (Lipinski definition) is 3. The van der Waals surface area contributed by atoms with Crippen molar-refractivity contribution >= 4 is 28.4 Å². The lowest BCUT2D eigenvalue weighted by Crippen LogP contribution is -2.09. The molecule has 2 rings (SSSR count). The largest absolute Gasteiger partial charge is 0.478 e. The molecule has 1 aromatic carbocycles. The molecule has 0 saturated carbocycles. The fourth-order valence-corrected chi connectivity index (χ4v) is 2.41. The average molecular weight is 278 g/mol. The molecule has 0 radical (unpaired) electrons. The zero-order valence-corrected chi connectivity index (χ0v) is 10.7. The summed E-state index contributed by atoms with van der Waals surface area (Å²) in [6, 6.07) is 2.81. The van der Waals surface area contributed by atoms with Crippen molar-refractivity contribution in [2.24, 2.45) is 0 Å². The van der Waals surface area contributed by atoms with Crippen molar-refractivity contribution in [3.05, 3.63) is 34.2 Å². The molecule has 19 heavy (non-hydrogen) atoms. The molecule has 0 amide bonds. The third-order valence-electron chi connectivity index (χ3n) is 2.71. The van der Waals surface area contributed by atoms with Crippen LogP contribution >= 0.6 is 11.3 Å². The Labute approximate surface area is 112 Å². The van der Waals surface area contributed by atoms with Gasteiger partial charge in [0.1, 0.15) is 0 Å². The normalized spacial score (nSPS) is 10.4. The standard InChI is InChI=1S/C12H10N2O4S/c1-5-6(10(15)16)2-3-7(9(5)11(17)18)8-4-19-12(13)14-8/h2-4H,1H3,(H2,13,14)(H,15,16)(H,17,18). The fraction of sp³-hybridized carbons (Fsp3) is 0.0833. The van der Waals surface area contributed by atoms with Gasteiger partial charge in [0.2, 0.25) is 0 Å². The van der Waals surface area contributed by atoms with Crippen molar-refractivity contribution in [2.75, 3.05) is 5.73 Å². The van der Waals surface area contributed by atoms with E-state index >= 15 is 0 Å². The van der Waals surface area contributed by atoms with Gasteiger partial charge in [-0.2, -0.15) is 0 Å². The summed E-state index contributed by atoms with van der Waals surface area (Å²) in [6.07, 6.45) is 0. The van der Waals surface area contributed by atoms with Crippen LogP contribution in [0.3, 0.4) is 0 Å². The number of anilines is 1. The number of carboxylic acid groups (broad SMARTS) is 2. The first-order chi connectivity index (χ1) is 8.91. The van der Waals surface area contributed by atoms with Gasteiger partial charge in [0, 0.05) is 10.9 Å². The molecule has 0 aliphatic carbocycles. The fourth-order valence-electron chi connectivity index (χ4n) is 1.84. The maximum atomic E-state index is 11.3. The third-order valence-corrected chi connectivity index (χ3v) is 3.38. The first kappa shape index (κ1) is 13.0. The van der Waals surface area contributed by atoms with Gasteiger partial charge in [0.05, 0.1) is 16.8 Å². The molecule has 0 aliphatic heterocycles. The van der Waals surface area contributed by atoms with Crippen LogP contribution in [-0.2, 0) is 0 Å². The molecule has 1 aromatic heterocycles. The van der Waals surface area contributed by atoms with Crippen LogP contribution in [0.2, 0.25) is 0 Å². The van der Waals surface area contributed by atoms with Gasteiger partial charge in [0.15, 0.2) is 5.13 Å². The van der Waals surface area contributed by atoms with Gasteiger partial charge in [-0.25, -0.2) is 14.6 Å². The van der Waals surface area contributed by atoms with Gasteiger partial charge in [0.25, 0.3) is 0 Å². The number of nitrogens with two attached hydrogens (primary N) is 1. The number of aromatic nitrogens is 1. The van der Waals surface area contributed by atoms with Crippen molar-refractivity contribution in [1.82, 2.24) is 4.98 Å². The van der Waals surface area contributed by atoms with Crippen LogP contribution in [0.1, 0.15) is 26.3 Å². The number of hydrogen-bond acceptors (Lipinski definition) is 5. The maximum Gasteiger partial charge on any atom is 0.336 e. The highest BCUT2D eigenvalue weighted by Gasteiger charge is 2.21. The molecule has 98 valence electrons. The van der Waals surface area contributed by atoms with Crippen molar-refractivity contribution in [2.45, 2.75) is 6.92 Å². The summed E-state index contributed by atoms with van der Waals surface area (Å²) in [5.41, 5.74) is 6.41. The van der Waals surface area contributed by atoms with E-state index in [1.54, 1.807) is 5.38 Å². The first-order valence-corrected chi connectivity index (χ1v) is 6.11. The monoisotopic (exact) mass is 278 g/mol. The summed E-state index contributed by atoms with van der Waals surface area (Å²) < 4.78 is 0. The summed E-state index contributed by atoms with van der Waals surface area (Å²) in [4.78, 5) is 26.4. The quantitative estimate of drug-likeness (QED) is 0.792. The van der Waals surface area contributed by atoms with Gasteiger partial charge in [-0.1, -0.05) is 6.07 Å². The molecule has 0 fully saturated rings. The topological polar surface area (TPSA) is 114 Å². The van der Waals surface area contributed by atoms with Gasteiger partial charge >= 0.3 is 11.9 Å². The Morgan fingerprint density at radius 2 is 1.95 bits per heavy atom. The van der Waals surface area contributed by atoms with E-state index in [1.807, 2.05) is 0 Å². The van der Waals surface area contributed by atoms with E-state index in [-0.39, 0.29) is 16.7 Å². The summed E-state index contributed by atoms with van der Waals surface area (Å²) in [5.74, 6) is -2.36. The molecular formula is C12H10N2O4S. The lowest BCUT2D eigenvalue weighted by Gasteiger charge is -2.09. The minimum atomic E-state index is -1.19. The van der Waals surface area contributed by atoms with Gasteiger partial charge in [-0.15, -0.1) is 11.3 Å². The van der Waals surface area contributed by atoms with Crippen LogP contribution in [0.4, 0.5) is 5.13 Å². The molecule has 0 aliphatic rings. The predicted molar refractivity (Wildman–Crippen MR) is 70.6 cm³/mol. The number of nitrogens with zero attached hydrogens (tertiary/aromatic N) is 1. The van der Waals surface area contributed by atoms with E-state index in [0.717, 1.165) is 0 Å². The van der Waals surface area contributed by atoms with Crippen LogP contribution in [0.25, 0.3) is 11.3 Å². The third kappa shape index (κ3) is 2.27. The second-order valence-corrected chi connectivity index (χ2v) is 4.73. The van der Waals surface area contributed by atoms with Crippen molar-refractivity contribution in [3.63, 3.8) is 0 Å². The summed E-state index contributed by atoms with van der Waals surface area (Å²) >= 11 is 1.19. The van der Waals surface area contributed by atoms with Gasteiger partial charge in [-0.05, 0) is 18.6 Å². The molecule has 6 nitrogen and oxygen atoms in total. The second kappa shape index (κ2) is 4.69. The number of rotatable bonds is 3. The zero-order chi connectivity index (χ0) is 14.2. The van der Waals surface area contributed by atoms with E-state index in [2.05, 4.69) is 4.98 Å². The Balaban J connectivity index is 2.72. The van der Waals surface area contributed by atoms with E-state index in [9.17, 15) is 14.7 Å². The molecule has 1 heterocycles. The summed E-state index contributed by atoms with van der Waals surface area (Å²) in [5, 5.41) is 20.2. The Morgan fingerprint density at radius 1 is 1.26 bits per heavy atom. The maximum absolute atomic E-state index is 11.3. The van der Waals surface area contributed by atoms with E-state index < -0.39 is 11.9 Å². The Bertz CT molecular complexity index is 678. The van der Waals surface area contributed by atoms with Crippen molar-refractivity contribution in [3.8, 4) is 11.3 Å². The minimum absolute atomic E-state index is 0.0376. The van der Waals surface area contributed by atoms with Gasteiger partial charge in [-0.3, -0.25) is 0 Å². The average Bonchev–Trinajstić information content (AvgIpc) is 2.74. The summed E-state index contributed by atoms with van der Waals surface area (Å²) in [6.45, 7) is 1.46. The Morgan fingerprint density at radius 3 is 2.42 bits per heavy atom. The van der Waals surface area contributed by atoms with Crippen LogP contribution in [0, 0.1) is 6.92 Å². The highest BCUT2D eigenvalue weighted by Crippen LogP contribution is 2.30. The molecule has 0 unspecified atom stereocenters. The van der Waals surface area contributed by atoms with Crippen LogP contribution in [0.5, 0.6) is 0 Å². The number of carboxylic acids is 2. The number of carbonyl (C=O) groups is 2. The van der Waals surface area contributed by atoms with Crippen LogP contribution in [-0.4, -0.2) is 27.1 Å². The smallest absolute Gasteiger partial charge is 0.336 e. The Kier molecular flexibility index (Phi) is 3.22.